The first-order valence-corrected chi connectivity index (χ1v) is 12.7. The third-order valence-electron chi connectivity index (χ3n) is 6.53. The summed E-state index contributed by atoms with van der Waals surface area (Å²) in [4.78, 5) is 17.1. The van der Waals surface area contributed by atoms with Crippen LogP contribution < -0.4 is 9.88 Å². The molecule has 2 saturated heterocycles. The van der Waals surface area contributed by atoms with E-state index >= 15 is 0 Å². The molecule has 11 heteroatoms. The lowest BCUT2D eigenvalue weighted by Gasteiger charge is -2.25. The topological polar surface area (TPSA) is 99.7 Å². The predicted molar refractivity (Wildman–Crippen MR) is 125 cm³/mol. The smallest absolute Gasteiger partial charge is 0.406 e. The van der Waals surface area contributed by atoms with Gasteiger partial charge in [-0.3, -0.25) is 4.79 Å². The van der Waals surface area contributed by atoms with Crippen LogP contribution in [0.2, 0.25) is 0 Å². The minimum Gasteiger partial charge on any atom is -0.406 e. The van der Waals surface area contributed by atoms with Crippen LogP contribution in [0.15, 0.2) is 65.7 Å². The molecule has 0 aromatic heterocycles. The van der Waals surface area contributed by atoms with Crippen LogP contribution in [0.25, 0.3) is 0 Å². The highest BCUT2D eigenvalue weighted by molar-refractivity contribution is 7.90. The monoisotopic (exact) mass is 508 g/mol. The Morgan fingerprint density at radius 1 is 1.03 bits per heavy atom. The third kappa shape index (κ3) is 6.15. The van der Waals surface area contributed by atoms with Crippen LogP contribution in [-0.4, -0.2) is 52.5 Å². The largest absolute Gasteiger partial charge is 0.573 e. The van der Waals surface area contributed by atoms with Crippen LogP contribution in [0.5, 0.6) is 5.75 Å². The summed E-state index contributed by atoms with van der Waals surface area (Å²) in [7, 11) is -3.31. The number of hydrogen-bond acceptors (Lipinski definition) is 5. The molecule has 2 aromatic rings. The van der Waals surface area contributed by atoms with Crippen molar-refractivity contribution in [2.75, 3.05) is 26.2 Å². The molecule has 2 heterocycles. The Morgan fingerprint density at radius 3 is 2.09 bits per heavy atom. The summed E-state index contributed by atoms with van der Waals surface area (Å²) in [6.45, 7) is 7.09. The Morgan fingerprint density at radius 2 is 1.57 bits per heavy atom. The van der Waals surface area contributed by atoms with Crippen LogP contribution in [0.1, 0.15) is 22.3 Å². The van der Waals surface area contributed by atoms with Crippen LogP contribution in [0.4, 0.5) is 13.2 Å². The van der Waals surface area contributed by atoms with E-state index in [4.69, 9.17) is 9.92 Å². The van der Waals surface area contributed by atoms with Gasteiger partial charge in [0.1, 0.15) is 15.7 Å². The Hall–Kier alpha value is -3.05. The highest BCUT2D eigenvalue weighted by atomic mass is 32.2. The van der Waals surface area contributed by atoms with Crippen molar-refractivity contribution in [1.82, 2.24) is 9.80 Å². The number of benzene rings is 2. The quantitative estimate of drug-likeness (QED) is 0.590. The third-order valence-corrected chi connectivity index (χ3v) is 7.50. The summed E-state index contributed by atoms with van der Waals surface area (Å²) in [5.41, 5.74) is 2.35. The van der Waals surface area contributed by atoms with E-state index in [2.05, 4.69) is 16.2 Å². The van der Waals surface area contributed by atoms with E-state index in [1.165, 1.54) is 24.3 Å². The van der Waals surface area contributed by atoms with E-state index in [1.807, 2.05) is 4.90 Å². The van der Waals surface area contributed by atoms with Gasteiger partial charge in [-0.05, 0) is 54.8 Å². The fourth-order valence-electron chi connectivity index (χ4n) is 4.70. The zero-order valence-corrected chi connectivity index (χ0v) is 19.8. The zero-order valence-electron chi connectivity index (χ0n) is 19.0. The Labute approximate surface area is 202 Å². The molecule has 0 saturated carbocycles. The molecule has 0 aliphatic carbocycles. The van der Waals surface area contributed by atoms with Gasteiger partial charge in [-0.25, -0.2) is 14.1 Å². The number of rotatable bonds is 7. The number of nitrogens with one attached hydrogen (secondary N) is 1. The fourth-order valence-corrected chi connectivity index (χ4v) is 5.24. The van der Waals surface area contributed by atoms with Gasteiger partial charge in [0.15, 0.2) is 0 Å². The van der Waals surface area contributed by atoms with Crippen LogP contribution in [-0.2, 0) is 16.3 Å². The molecule has 0 bridgehead atoms. The Balaban J connectivity index is 1.26. The highest BCUT2D eigenvalue weighted by Gasteiger charge is 2.42. The number of amides is 1. The van der Waals surface area contributed by atoms with E-state index in [1.54, 1.807) is 24.3 Å². The van der Waals surface area contributed by atoms with Crippen LogP contribution in [0, 0.1) is 16.6 Å². The summed E-state index contributed by atoms with van der Waals surface area (Å²) in [5, 5.41) is 5.33. The van der Waals surface area contributed by atoms with Crippen molar-refractivity contribution in [1.29, 1.82) is 4.78 Å². The predicted octanol–water partition coefficient (Wildman–Crippen LogP) is 4.01. The maximum absolute atomic E-state index is 12.9. The molecular weight excluding hydrogens is 481 g/mol. The number of hydrogen-bond donors (Lipinski definition) is 2. The minimum atomic E-state index is -4.70. The second-order valence-electron chi connectivity index (χ2n) is 9.02. The molecule has 3 unspecified atom stereocenters. The lowest BCUT2D eigenvalue weighted by molar-refractivity contribution is -0.274. The van der Waals surface area contributed by atoms with E-state index in [0.29, 0.717) is 43.3 Å². The molecule has 2 aliphatic rings. The van der Waals surface area contributed by atoms with Crippen molar-refractivity contribution >= 4 is 15.8 Å². The van der Waals surface area contributed by atoms with E-state index in [9.17, 15) is 22.2 Å². The number of carbonyl (C=O) groups excluding carboxylic acids is 1. The van der Waals surface area contributed by atoms with Gasteiger partial charge in [0.25, 0.3) is 5.91 Å². The number of halogens is 3. The molecule has 7 nitrogen and oxygen atoms in total. The number of alkyl halides is 3. The van der Waals surface area contributed by atoms with Crippen molar-refractivity contribution < 1.29 is 26.9 Å². The SMILES string of the molecule is C=C(CCc1ccc(OC(F)(F)F)cc1)N1CC2CN(C(=O)c3ccc(S(=N)(N)=O)cc3)CC2C1. The first-order chi connectivity index (χ1) is 16.4. The first kappa shape index (κ1) is 25.1. The van der Waals surface area contributed by atoms with E-state index < -0.39 is 16.3 Å². The van der Waals surface area contributed by atoms with Crippen molar-refractivity contribution in [2.45, 2.75) is 24.1 Å². The van der Waals surface area contributed by atoms with Gasteiger partial charge in [0.05, 0.1) is 4.90 Å². The first-order valence-electron chi connectivity index (χ1n) is 11.1. The lowest BCUT2D eigenvalue weighted by atomic mass is 10.0. The van der Waals surface area contributed by atoms with Gasteiger partial charge in [0.2, 0.25) is 0 Å². The molecule has 1 amide bonds. The lowest BCUT2D eigenvalue weighted by Crippen LogP contribution is -2.33. The van der Waals surface area contributed by atoms with Crippen molar-refractivity contribution in [3.8, 4) is 5.75 Å². The van der Waals surface area contributed by atoms with E-state index in [0.717, 1.165) is 24.4 Å². The molecule has 4 rings (SSSR count). The summed E-state index contributed by atoms with van der Waals surface area (Å²) >= 11 is 0. The molecule has 0 spiro atoms. The van der Waals surface area contributed by atoms with Crippen molar-refractivity contribution in [2.24, 2.45) is 17.0 Å². The molecule has 2 aliphatic heterocycles. The maximum Gasteiger partial charge on any atom is 0.573 e. The molecule has 2 fully saturated rings. The normalized spacial score (nSPS) is 21.5. The number of allylic oxidation sites excluding steroid dienone is 1. The second-order valence-corrected chi connectivity index (χ2v) is 10.7. The van der Waals surface area contributed by atoms with Gasteiger partial charge in [-0.15, -0.1) is 13.2 Å². The molecule has 35 heavy (non-hydrogen) atoms. The van der Waals surface area contributed by atoms with Gasteiger partial charge in [-0.1, -0.05) is 18.7 Å². The standard InChI is InChI=1S/C24H27F3N4O3S/c1-16(2-3-17-4-8-21(9-5-17)34-24(25,26)27)30-12-19-14-31(15-20(19)13-30)23(32)18-6-10-22(11-7-18)35(28,29)33/h4-11,19-20H,1-3,12-15H2,(H3,28,29,33). The van der Waals surface area contributed by atoms with Gasteiger partial charge < -0.3 is 14.5 Å². The average molecular weight is 509 g/mol. The summed E-state index contributed by atoms with van der Waals surface area (Å²) < 4.78 is 59.8. The van der Waals surface area contributed by atoms with Crippen LogP contribution >= 0.6 is 0 Å². The molecular formula is C24H27F3N4O3S. The number of likely N-dealkylation sites (tertiary alicyclic amines) is 2. The minimum absolute atomic E-state index is 0.0947. The molecule has 188 valence electrons. The zero-order chi connectivity index (χ0) is 25.4. The van der Waals surface area contributed by atoms with Crippen molar-refractivity contribution in [3.63, 3.8) is 0 Å². The highest BCUT2D eigenvalue weighted by Crippen LogP contribution is 2.34. The average Bonchev–Trinajstić information content (AvgIpc) is 3.36. The number of fused-ring (bicyclic) bond motifs is 1. The van der Waals surface area contributed by atoms with Crippen molar-refractivity contribution in [3.05, 3.63) is 71.9 Å². The fraction of sp³-hybridized carbons (Fsp3) is 0.375. The van der Waals surface area contributed by atoms with Gasteiger partial charge >= 0.3 is 6.36 Å². The number of nitrogens with two attached hydrogens (primary N) is 1. The van der Waals surface area contributed by atoms with Gasteiger partial charge in [0, 0.05) is 49.3 Å². The molecule has 2 aromatic carbocycles. The van der Waals surface area contributed by atoms with Crippen LogP contribution in [0.3, 0.4) is 0 Å². The summed E-state index contributed by atoms with van der Waals surface area (Å²) in [6.07, 6.45) is -3.36. The Bertz CT molecular complexity index is 1180. The van der Waals surface area contributed by atoms with E-state index in [-0.39, 0.29) is 16.6 Å². The Kier molecular flexibility index (Phi) is 6.83. The second kappa shape index (κ2) is 9.54. The maximum atomic E-state index is 12.9. The number of nitrogens with zero attached hydrogens (tertiary/aromatic N) is 2. The van der Waals surface area contributed by atoms with Gasteiger partial charge in [-0.2, -0.15) is 0 Å². The molecule has 0 radical (unpaired) electrons. The molecule has 3 atom stereocenters. The number of ether oxygens (including phenoxy) is 1. The number of aryl methyl sites for hydroxylation is 1. The number of carbonyl (C=O) groups is 1. The summed E-state index contributed by atoms with van der Waals surface area (Å²) in [6, 6.07) is 11.9. The molecule has 3 N–H and O–H groups in total. The summed E-state index contributed by atoms with van der Waals surface area (Å²) in [5.74, 6) is 0.343.